The van der Waals surface area contributed by atoms with Crippen molar-refractivity contribution in [2.24, 2.45) is 0 Å². The molecule has 2 nitrogen and oxygen atoms in total. The average molecular weight is 280 g/mol. The summed E-state index contributed by atoms with van der Waals surface area (Å²) in [5, 5.41) is 3.61. The maximum absolute atomic E-state index is 3.61. The monoisotopic (exact) mass is 280 g/mol. The van der Waals surface area contributed by atoms with E-state index in [1.807, 2.05) is 11.3 Å². The summed E-state index contributed by atoms with van der Waals surface area (Å²) in [5.74, 6) is 0. The fourth-order valence-corrected chi connectivity index (χ4v) is 3.34. The molecule has 1 N–H and O–H groups in total. The second-order valence-electron chi connectivity index (χ2n) is 5.67. The Kier molecular flexibility index (Phi) is 5.86. The molecule has 108 valence electrons. The fraction of sp³-hybridized carbons (Fsp3) is 0.750. The maximum Gasteiger partial charge on any atom is 0.0302 e. The van der Waals surface area contributed by atoms with Crippen LogP contribution < -0.4 is 5.32 Å². The number of hydrogen-bond acceptors (Lipinski definition) is 3. The van der Waals surface area contributed by atoms with Crippen molar-refractivity contribution < 1.29 is 0 Å². The molecule has 0 aromatic carbocycles. The Morgan fingerprint density at radius 2 is 2.16 bits per heavy atom. The van der Waals surface area contributed by atoms with Gasteiger partial charge in [0.25, 0.3) is 0 Å². The zero-order valence-corrected chi connectivity index (χ0v) is 13.5. The molecule has 1 heterocycles. The molecule has 2 rings (SSSR count). The lowest BCUT2D eigenvalue weighted by Gasteiger charge is -2.19. The summed E-state index contributed by atoms with van der Waals surface area (Å²) in [6.45, 7) is 11.4. The van der Waals surface area contributed by atoms with Gasteiger partial charge in [0.1, 0.15) is 0 Å². The first-order chi connectivity index (χ1) is 9.22. The van der Waals surface area contributed by atoms with Crippen molar-refractivity contribution in [2.45, 2.75) is 65.6 Å². The third-order valence-electron chi connectivity index (χ3n) is 3.88. The molecule has 0 atom stereocenters. The Balaban J connectivity index is 1.86. The summed E-state index contributed by atoms with van der Waals surface area (Å²) in [6.07, 6.45) is 5.35. The second-order valence-corrected chi connectivity index (χ2v) is 7.01. The average Bonchev–Trinajstić information content (AvgIpc) is 3.17. The van der Waals surface area contributed by atoms with Crippen molar-refractivity contribution in [3.05, 3.63) is 21.4 Å². The van der Waals surface area contributed by atoms with Crippen LogP contribution in [0.1, 0.15) is 54.8 Å². The maximum atomic E-state index is 3.61. The van der Waals surface area contributed by atoms with Crippen LogP contribution in [0.3, 0.4) is 0 Å². The van der Waals surface area contributed by atoms with Gasteiger partial charge in [0.05, 0.1) is 0 Å². The van der Waals surface area contributed by atoms with E-state index in [-0.39, 0.29) is 0 Å². The predicted octanol–water partition coefficient (Wildman–Crippen LogP) is 3.93. The minimum absolute atomic E-state index is 0.808. The Hall–Kier alpha value is -0.380. The quantitative estimate of drug-likeness (QED) is 0.737. The van der Waals surface area contributed by atoms with Gasteiger partial charge in [-0.2, -0.15) is 0 Å². The van der Waals surface area contributed by atoms with Crippen LogP contribution in [0, 0.1) is 6.92 Å². The summed E-state index contributed by atoms with van der Waals surface area (Å²) >= 11 is 1.97. The molecule has 0 radical (unpaired) electrons. The standard InChI is InChI=1S/C16H28N2S/c1-4-6-9-18(5-2)12-14-10-16(19-13(14)3)11-17-15-7-8-15/h10,15,17H,4-9,11-12H2,1-3H3. The van der Waals surface area contributed by atoms with Crippen LogP contribution in [0.2, 0.25) is 0 Å². The SMILES string of the molecule is CCCCN(CC)Cc1cc(CNC2CC2)sc1C. The van der Waals surface area contributed by atoms with Crippen LogP contribution in [0.25, 0.3) is 0 Å². The van der Waals surface area contributed by atoms with Gasteiger partial charge in [-0.05, 0) is 50.9 Å². The molecule has 19 heavy (non-hydrogen) atoms. The predicted molar refractivity (Wildman–Crippen MR) is 84.8 cm³/mol. The molecule has 1 aromatic rings. The normalized spacial score (nSPS) is 15.4. The second kappa shape index (κ2) is 7.41. The topological polar surface area (TPSA) is 15.3 Å². The number of nitrogens with one attached hydrogen (secondary N) is 1. The Morgan fingerprint density at radius 1 is 1.37 bits per heavy atom. The van der Waals surface area contributed by atoms with Crippen LogP contribution in [-0.4, -0.2) is 24.0 Å². The highest BCUT2D eigenvalue weighted by atomic mass is 32.1. The van der Waals surface area contributed by atoms with E-state index in [0.717, 1.165) is 25.7 Å². The van der Waals surface area contributed by atoms with E-state index in [1.54, 1.807) is 0 Å². The van der Waals surface area contributed by atoms with Gasteiger partial charge >= 0.3 is 0 Å². The van der Waals surface area contributed by atoms with Crippen LogP contribution in [0.15, 0.2) is 6.07 Å². The van der Waals surface area contributed by atoms with E-state index >= 15 is 0 Å². The zero-order chi connectivity index (χ0) is 13.7. The number of rotatable bonds is 9. The summed E-state index contributed by atoms with van der Waals surface area (Å²) < 4.78 is 0. The summed E-state index contributed by atoms with van der Waals surface area (Å²) in [4.78, 5) is 5.57. The smallest absolute Gasteiger partial charge is 0.0302 e. The van der Waals surface area contributed by atoms with Gasteiger partial charge in [-0.3, -0.25) is 4.90 Å². The molecular formula is C16H28N2S. The number of nitrogens with zero attached hydrogens (tertiary/aromatic N) is 1. The Morgan fingerprint density at radius 3 is 2.79 bits per heavy atom. The van der Waals surface area contributed by atoms with Gasteiger partial charge in [0.15, 0.2) is 0 Å². The van der Waals surface area contributed by atoms with E-state index in [1.165, 1.54) is 47.5 Å². The van der Waals surface area contributed by atoms with Gasteiger partial charge in [-0.1, -0.05) is 20.3 Å². The third kappa shape index (κ3) is 4.90. The molecule has 1 aromatic heterocycles. The first kappa shape index (κ1) is 15.0. The lowest BCUT2D eigenvalue weighted by molar-refractivity contribution is 0.275. The molecular weight excluding hydrogens is 252 g/mol. The van der Waals surface area contributed by atoms with Crippen molar-refractivity contribution in [2.75, 3.05) is 13.1 Å². The van der Waals surface area contributed by atoms with Crippen molar-refractivity contribution in [1.82, 2.24) is 10.2 Å². The number of hydrogen-bond donors (Lipinski definition) is 1. The Bertz CT molecular complexity index is 382. The lowest BCUT2D eigenvalue weighted by atomic mass is 10.2. The third-order valence-corrected chi connectivity index (χ3v) is 4.98. The molecule has 0 amide bonds. The fourth-order valence-electron chi connectivity index (χ4n) is 2.34. The number of aryl methyl sites for hydroxylation is 1. The van der Waals surface area contributed by atoms with Crippen molar-refractivity contribution in [3.8, 4) is 0 Å². The molecule has 3 heteroatoms. The highest BCUT2D eigenvalue weighted by Crippen LogP contribution is 2.25. The highest BCUT2D eigenvalue weighted by molar-refractivity contribution is 7.12. The van der Waals surface area contributed by atoms with Crippen molar-refractivity contribution in [3.63, 3.8) is 0 Å². The molecule has 1 aliphatic rings. The molecule has 0 bridgehead atoms. The minimum Gasteiger partial charge on any atom is -0.309 e. The van der Waals surface area contributed by atoms with Crippen molar-refractivity contribution in [1.29, 1.82) is 0 Å². The molecule has 0 saturated heterocycles. The van der Waals surface area contributed by atoms with E-state index in [0.29, 0.717) is 0 Å². The molecule has 1 aliphatic carbocycles. The van der Waals surface area contributed by atoms with Gasteiger partial charge in [-0.25, -0.2) is 0 Å². The molecule has 1 fully saturated rings. The Labute approximate surface area is 122 Å². The molecule has 0 aliphatic heterocycles. The van der Waals surface area contributed by atoms with Crippen molar-refractivity contribution >= 4 is 11.3 Å². The van der Waals surface area contributed by atoms with Gasteiger partial charge in [0, 0.05) is 28.9 Å². The van der Waals surface area contributed by atoms with E-state index in [9.17, 15) is 0 Å². The number of thiophene rings is 1. The molecule has 1 saturated carbocycles. The van der Waals surface area contributed by atoms with E-state index < -0.39 is 0 Å². The van der Waals surface area contributed by atoms with Crippen LogP contribution in [0.5, 0.6) is 0 Å². The van der Waals surface area contributed by atoms with Gasteiger partial charge < -0.3 is 5.32 Å². The summed E-state index contributed by atoms with van der Waals surface area (Å²) in [7, 11) is 0. The number of unbranched alkanes of at least 4 members (excludes halogenated alkanes) is 1. The van der Waals surface area contributed by atoms with Gasteiger partial charge in [-0.15, -0.1) is 11.3 Å². The lowest BCUT2D eigenvalue weighted by Crippen LogP contribution is -2.24. The summed E-state index contributed by atoms with van der Waals surface area (Å²) in [6, 6.07) is 3.23. The first-order valence-electron chi connectivity index (χ1n) is 7.76. The zero-order valence-electron chi connectivity index (χ0n) is 12.7. The van der Waals surface area contributed by atoms with E-state index in [2.05, 4.69) is 37.1 Å². The van der Waals surface area contributed by atoms with Crippen LogP contribution in [0.4, 0.5) is 0 Å². The van der Waals surface area contributed by atoms with Crippen LogP contribution >= 0.6 is 11.3 Å². The van der Waals surface area contributed by atoms with E-state index in [4.69, 9.17) is 0 Å². The van der Waals surface area contributed by atoms with Gasteiger partial charge in [0.2, 0.25) is 0 Å². The summed E-state index contributed by atoms with van der Waals surface area (Å²) in [5.41, 5.74) is 1.54. The van der Waals surface area contributed by atoms with Crippen LogP contribution in [-0.2, 0) is 13.1 Å². The highest BCUT2D eigenvalue weighted by Gasteiger charge is 2.20. The largest absolute Gasteiger partial charge is 0.309 e. The first-order valence-corrected chi connectivity index (χ1v) is 8.58. The molecule has 0 spiro atoms. The molecule has 0 unspecified atom stereocenters. The minimum atomic E-state index is 0.808.